The summed E-state index contributed by atoms with van der Waals surface area (Å²) in [6.45, 7) is 2.94. The lowest BCUT2D eigenvalue weighted by atomic mass is 10.2. The summed E-state index contributed by atoms with van der Waals surface area (Å²) in [5, 5.41) is 18.8. The molecule has 2 aromatic rings. The van der Waals surface area contributed by atoms with Crippen molar-refractivity contribution in [1.29, 1.82) is 0 Å². The summed E-state index contributed by atoms with van der Waals surface area (Å²) in [5.41, 5.74) is 2.17. The maximum Gasteiger partial charge on any atom is 0.303 e. The van der Waals surface area contributed by atoms with E-state index in [4.69, 9.17) is 16.3 Å². The first-order valence-electron chi connectivity index (χ1n) is 10.6. The predicted molar refractivity (Wildman–Crippen MR) is 129 cm³/mol. The van der Waals surface area contributed by atoms with Crippen LogP contribution in [0.3, 0.4) is 0 Å². The summed E-state index contributed by atoms with van der Waals surface area (Å²) in [6, 6.07) is 8.83. The molecule has 2 amide bonds. The highest BCUT2D eigenvalue weighted by Crippen LogP contribution is 2.31. The summed E-state index contributed by atoms with van der Waals surface area (Å²) in [4.78, 5) is 37.9. The zero-order valence-electron chi connectivity index (χ0n) is 18.2. The van der Waals surface area contributed by atoms with E-state index in [2.05, 4.69) is 20.9 Å². The van der Waals surface area contributed by atoms with Crippen LogP contribution in [-0.4, -0.2) is 61.8 Å². The van der Waals surface area contributed by atoms with Crippen molar-refractivity contribution in [2.75, 3.05) is 48.3 Å². The van der Waals surface area contributed by atoms with Gasteiger partial charge in [-0.25, -0.2) is 0 Å². The number of hydrogen-bond donors (Lipinski definition) is 4. The molecule has 0 aliphatic carbocycles. The molecule has 1 aromatic carbocycles. The van der Waals surface area contributed by atoms with Gasteiger partial charge in [-0.3, -0.25) is 14.4 Å². The van der Waals surface area contributed by atoms with Gasteiger partial charge in [0.15, 0.2) is 6.61 Å². The van der Waals surface area contributed by atoms with Gasteiger partial charge in [0, 0.05) is 38.8 Å². The Bertz CT molecular complexity index is 993. The van der Waals surface area contributed by atoms with E-state index in [0.29, 0.717) is 20.6 Å². The van der Waals surface area contributed by atoms with Crippen molar-refractivity contribution in [3.05, 3.63) is 39.5 Å². The van der Waals surface area contributed by atoms with Crippen LogP contribution < -0.4 is 20.9 Å². The monoisotopic (exact) mass is 494 g/mol. The standard InChI is InChI=1S/C22H27ClN4O5S/c1-14(28)32-13-21(30)26-17-10-15(4-5-18(17)27-8-2-3-9-27)24-11-16(29)12-25-22(31)19-6-7-20(23)33-19/h4-7,10,16,24,29H,2-3,8-9,11-13H2,1H3,(H,25,31)(H,26,30). The Morgan fingerprint density at radius 3 is 2.61 bits per heavy atom. The van der Waals surface area contributed by atoms with Crippen molar-refractivity contribution >= 4 is 57.8 Å². The molecule has 1 aliphatic heterocycles. The molecule has 11 heteroatoms. The van der Waals surface area contributed by atoms with E-state index in [-0.39, 0.29) is 25.6 Å². The number of esters is 1. The second-order valence-corrected chi connectivity index (χ2v) is 9.32. The van der Waals surface area contributed by atoms with Gasteiger partial charge in [-0.05, 0) is 43.2 Å². The number of thiophene rings is 1. The SMILES string of the molecule is CC(=O)OCC(=O)Nc1cc(NCC(O)CNC(=O)c2ccc(Cl)s2)ccc1N1CCCC1. The molecule has 4 N–H and O–H groups in total. The number of anilines is 3. The average Bonchev–Trinajstić information content (AvgIpc) is 3.47. The first kappa shape index (κ1) is 24.8. The fraction of sp³-hybridized carbons (Fsp3) is 0.409. The van der Waals surface area contributed by atoms with Crippen LogP contribution in [0.15, 0.2) is 30.3 Å². The Kier molecular flexibility index (Phi) is 8.93. The van der Waals surface area contributed by atoms with Crippen LogP contribution >= 0.6 is 22.9 Å². The maximum absolute atomic E-state index is 12.2. The lowest BCUT2D eigenvalue weighted by molar-refractivity contribution is -0.144. The van der Waals surface area contributed by atoms with Crippen molar-refractivity contribution in [2.24, 2.45) is 0 Å². The van der Waals surface area contributed by atoms with E-state index in [1.807, 2.05) is 12.1 Å². The molecule has 0 spiro atoms. The highest BCUT2D eigenvalue weighted by molar-refractivity contribution is 7.18. The van der Waals surface area contributed by atoms with Gasteiger partial charge in [0.1, 0.15) is 0 Å². The number of rotatable bonds is 10. The molecule has 0 bridgehead atoms. The second-order valence-electron chi connectivity index (χ2n) is 7.60. The normalized spacial score (nSPS) is 14.0. The lowest BCUT2D eigenvalue weighted by Gasteiger charge is -2.23. The molecule has 0 radical (unpaired) electrons. The van der Waals surface area contributed by atoms with Gasteiger partial charge in [0.05, 0.1) is 26.7 Å². The number of carbonyl (C=O) groups excluding carboxylic acids is 3. The second kappa shape index (κ2) is 11.9. The molecule has 3 rings (SSSR count). The maximum atomic E-state index is 12.2. The Morgan fingerprint density at radius 2 is 1.94 bits per heavy atom. The third-order valence-corrected chi connectivity index (χ3v) is 6.19. The van der Waals surface area contributed by atoms with Crippen LogP contribution in [0, 0.1) is 0 Å². The summed E-state index contributed by atoms with van der Waals surface area (Å²) in [5.74, 6) is -1.25. The van der Waals surface area contributed by atoms with Crippen LogP contribution in [0.1, 0.15) is 29.4 Å². The molecule has 1 atom stereocenters. The van der Waals surface area contributed by atoms with Gasteiger partial charge >= 0.3 is 5.97 Å². The van der Waals surface area contributed by atoms with E-state index in [9.17, 15) is 19.5 Å². The van der Waals surface area contributed by atoms with Crippen molar-refractivity contribution < 1.29 is 24.2 Å². The molecule has 0 saturated carbocycles. The molecular formula is C22H27ClN4O5S. The number of benzene rings is 1. The predicted octanol–water partition coefficient (Wildman–Crippen LogP) is 2.71. The van der Waals surface area contributed by atoms with Crippen LogP contribution in [0.5, 0.6) is 0 Å². The quantitative estimate of drug-likeness (QED) is 0.375. The zero-order valence-corrected chi connectivity index (χ0v) is 19.8. The van der Waals surface area contributed by atoms with Crippen LogP contribution in [0.2, 0.25) is 4.34 Å². The summed E-state index contributed by atoms with van der Waals surface area (Å²) in [6.07, 6.45) is 1.33. The topological polar surface area (TPSA) is 120 Å². The molecule has 2 heterocycles. The first-order chi connectivity index (χ1) is 15.8. The van der Waals surface area contributed by atoms with Crippen LogP contribution in [0.4, 0.5) is 17.1 Å². The molecule has 1 fully saturated rings. The number of ether oxygens (including phenoxy) is 1. The van der Waals surface area contributed by atoms with E-state index >= 15 is 0 Å². The van der Waals surface area contributed by atoms with Crippen molar-refractivity contribution in [2.45, 2.75) is 25.9 Å². The number of hydrogen-bond acceptors (Lipinski definition) is 8. The third-order valence-electron chi connectivity index (χ3n) is 4.96. The lowest BCUT2D eigenvalue weighted by Crippen LogP contribution is -2.35. The number of amides is 2. The number of aliphatic hydroxyl groups excluding tert-OH is 1. The summed E-state index contributed by atoms with van der Waals surface area (Å²) in [7, 11) is 0. The molecule has 9 nitrogen and oxygen atoms in total. The Hall–Kier alpha value is -2.82. The number of nitrogens with one attached hydrogen (secondary N) is 3. The van der Waals surface area contributed by atoms with Gasteiger partial charge in [0.2, 0.25) is 0 Å². The largest absolute Gasteiger partial charge is 0.456 e. The fourth-order valence-electron chi connectivity index (χ4n) is 3.38. The number of nitrogens with zero attached hydrogens (tertiary/aromatic N) is 1. The minimum absolute atomic E-state index is 0.0686. The molecular weight excluding hydrogens is 468 g/mol. The Morgan fingerprint density at radius 1 is 1.18 bits per heavy atom. The highest BCUT2D eigenvalue weighted by atomic mass is 35.5. The molecule has 1 saturated heterocycles. The zero-order chi connectivity index (χ0) is 23.8. The van der Waals surface area contributed by atoms with Crippen LogP contribution in [0.25, 0.3) is 0 Å². The van der Waals surface area contributed by atoms with Gasteiger partial charge in [-0.1, -0.05) is 11.6 Å². The Balaban J connectivity index is 1.58. The van der Waals surface area contributed by atoms with E-state index in [1.54, 1.807) is 18.2 Å². The average molecular weight is 495 g/mol. The number of halogens is 1. The van der Waals surface area contributed by atoms with Gasteiger partial charge in [0.25, 0.3) is 11.8 Å². The summed E-state index contributed by atoms with van der Waals surface area (Å²) < 4.78 is 5.30. The molecule has 1 unspecified atom stereocenters. The third kappa shape index (κ3) is 7.62. The van der Waals surface area contributed by atoms with Crippen molar-refractivity contribution in [3.8, 4) is 0 Å². The fourth-order valence-corrected chi connectivity index (χ4v) is 4.33. The Labute approximate surface area is 201 Å². The minimum atomic E-state index is -0.829. The van der Waals surface area contributed by atoms with E-state index in [1.165, 1.54) is 18.3 Å². The number of carbonyl (C=O) groups is 3. The smallest absolute Gasteiger partial charge is 0.303 e. The number of aliphatic hydroxyl groups is 1. The first-order valence-corrected chi connectivity index (χ1v) is 11.8. The van der Waals surface area contributed by atoms with E-state index < -0.39 is 18.0 Å². The molecule has 1 aliphatic rings. The van der Waals surface area contributed by atoms with Crippen LogP contribution in [-0.2, 0) is 14.3 Å². The highest BCUT2D eigenvalue weighted by Gasteiger charge is 2.18. The van der Waals surface area contributed by atoms with Gasteiger partial charge in [-0.2, -0.15) is 0 Å². The van der Waals surface area contributed by atoms with Gasteiger partial charge < -0.3 is 30.7 Å². The molecule has 1 aromatic heterocycles. The van der Waals surface area contributed by atoms with Crippen molar-refractivity contribution in [3.63, 3.8) is 0 Å². The molecule has 178 valence electrons. The summed E-state index contributed by atoms with van der Waals surface area (Å²) >= 11 is 7.01. The van der Waals surface area contributed by atoms with E-state index in [0.717, 1.165) is 31.6 Å². The molecule has 33 heavy (non-hydrogen) atoms. The van der Waals surface area contributed by atoms with Gasteiger partial charge in [-0.15, -0.1) is 11.3 Å². The minimum Gasteiger partial charge on any atom is -0.456 e. The van der Waals surface area contributed by atoms with Crippen molar-refractivity contribution in [1.82, 2.24) is 5.32 Å².